The van der Waals surface area contributed by atoms with Crippen LogP contribution in [0.2, 0.25) is 0 Å². The van der Waals surface area contributed by atoms with Crippen LogP contribution in [0.5, 0.6) is 11.5 Å². The summed E-state index contributed by atoms with van der Waals surface area (Å²) < 4.78 is 12.5. The van der Waals surface area contributed by atoms with E-state index in [4.69, 9.17) is 9.47 Å². The van der Waals surface area contributed by atoms with Crippen LogP contribution in [0.15, 0.2) is 66.7 Å². The maximum absolute atomic E-state index is 14.3. The molecule has 1 aliphatic carbocycles. The van der Waals surface area contributed by atoms with Gasteiger partial charge < -0.3 is 14.8 Å². The lowest BCUT2D eigenvalue weighted by molar-refractivity contribution is -0.127. The number of nitrogens with zero attached hydrogens (tertiary/aromatic N) is 4. The average Bonchev–Trinajstić information content (AvgIpc) is 3.42. The lowest BCUT2D eigenvalue weighted by atomic mass is 9.94. The van der Waals surface area contributed by atoms with E-state index in [0.29, 0.717) is 39.3 Å². The van der Waals surface area contributed by atoms with Gasteiger partial charge in [0.15, 0.2) is 17.3 Å². The van der Waals surface area contributed by atoms with Crippen LogP contribution in [0.1, 0.15) is 61.0 Å². The van der Waals surface area contributed by atoms with E-state index in [1.54, 1.807) is 42.5 Å². The van der Waals surface area contributed by atoms with Crippen molar-refractivity contribution in [3.63, 3.8) is 0 Å². The predicted octanol–water partition coefficient (Wildman–Crippen LogP) is 4.87. The van der Waals surface area contributed by atoms with Gasteiger partial charge in [0.25, 0.3) is 0 Å². The van der Waals surface area contributed by atoms with Gasteiger partial charge in [0, 0.05) is 17.3 Å². The van der Waals surface area contributed by atoms with Gasteiger partial charge in [-0.3, -0.25) is 19.3 Å². The first-order chi connectivity index (χ1) is 20.4. The molecule has 1 heterocycles. The van der Waals surface area contributed by atoms with E-state index in [1.165, 1.54) is 30.7 Å². The van der Waals surface area contributed by atoms with Crippen molar-refractivity contribution in [1.29, 1.82) is 0 Å². The summed E-state index contributed by atoms with van der Waals surface area (Å²) in [4.78, 5) is 42.4. The molecular formula is C32H35N5O5. The molecule has 10 heteroatoms. The van der Waals surface area contributed by atoms with Crippen molar-refractivity contribution in [2.75, 3.05) is 19.1 Å². The van der Waals surface area contributed by atoms with Gasteiger partial charge >= 0.3 is 0 Å². The molecule has 1 atom stereocenters. The smallest absolute Gasteiger partial charge is 0.249 e. The number of nitrogens with one attached hydrogen (secondary N) is 1. The van der Waals surface area contributed by atoms with E-state index in [9.17, 15) is 14.4 Å². The normalized spacial score (nSPS) is 14.3. The van der Waals surface area contributed by atoms with Gasteiger partial charge in [-0.2, -0.15) is 0 Å². The number of ether oxygens (including phenoxy) is 2. The Morgan fingerprint density at radius 2 is 1.71 bits per heavy atom. The van der Waals surface area contributed by atoms with Crippen LogP contribution in [-0.4, -0.2) is 52.9 Å². The second-order valence-electron chi connectivity index (χ2n) is 10.5. The maximum atomic E-state index is 14.3. The summed E-state index contributed by atoms with van der Waals surface area (Å²) in [6, 6.07) is 18.2. The minimum absolute atomic E-state index is 0.00802. The SMILES string of the molecule is COc1ccc([C@H](C(=O)NC2CCCCC2)N(C(=O)Cn2nnc3ccccc32)c2cccc(C(C)=O)c2)cc1OC. The number of rotatable bonds is 10. The molecule has 1 aromatic heterocycles. The molecule has 42 heavy (non-hydrogen) atoms. The molecule has 3 aromatic carbocycles. The number of hydrogen-bond acceptors (Lipinski definition) is 7. The zero-order chi connectivity index (χ0) is 29.6. The topological polar surface area (TPSA) is 116 Å². The summed E-state index contributed by atoms with van der Waals surface area (Å²) in [5, 5.41) is 11.6. The van der Waals surface area contributed by atoms with Crippen LogP contribution in [0.3, 0.4) is 0 Å². The van der Waals surface area contributed by atoms with E-state index in [1.807, 2.05) is 24.3 Å². The molecule has 0 bridgehead atoms. The minimum atomic E-state index is -1.07. The van der Waals surface area contributed by atoms with E-state index in [-0.39, 0.29) is 24.3 Å². The van der Waals surface area contributed by atoms with Crippen LogP contribution in [0.25, 0.3) is 11.0 Å². The third kappa shape index (κ3) is 6.12. The quantitative estimate of drug-likeness (QED) is 0.271. The standard InChI is InChI=1S/C32H35N5O5/c1-21(38)22-10-9-13-25(18-22)37(30(39)20-36-27-15-8-7-14-26(27)34-35-36)31(32(40)33-24-11-5-4-6-12-24)23-16-17-28(41-2)29(19-23)42-3/h7-10,13-19,24,31H,4-6,11-12,20H2,1-3H3,(H,33,40)/t31-/m1/s1. The lowest BCUT2D eigenvalue weighted by Gasteiger charge is -2.34. The molecule has 2 amide bonds. The fourth-order valence-corrected chi connectivity index (χ4v) is 5.52. The Hall–Kier alpha value is -4.73. The van der Waals surface area contributed by atoms with E-state index in [0.717, 1.165) is 32.1 Å². The fourth-order valence-electron chi connectivity index (χ4n) is 5.52. The van der Waals surface area contributed by atoms with Crippen molar-refractivity contribution in [2.45, 2.75) is 57.7 Å². The molecule has 0 radical (unpaired) electrons. The molecule has 0 aliphatic heterocycles. The highest BCUT2D eigenvalue weighted by Crippen LogP contribution is 2.35. The van der Waals surface area contributed by atoms with Gasteiger partial charge in [0.05, 0.1) is 19.7 Å². The summed E-state index contributed by atoms with van der Waals surface area (Å²) in [6.07, 6.45) is 4.97. The monoisotopic (exact) mass is 569 g/mol. The van der Waals surface area contributed by atoms with E-state index < -0.39 is 11.9 Å². The molecule has 1 fully saturated rings. The number of aromatic nitrogens is 3. The molecule has 1 aliphatic rings. The van der Waals surface area contributed by atoms with E-state index in [2.05, 4.69) is 15.6 Å². The van der Waals surface area contributed by atoms with Crippen LogP contribution < -0.4 is 19.7 Å². The Morgan fingerprint density at radius 1 is 0.952 bits per heavy atom. The highest BCUT2D eigenvalue weighted by molar-refractivity contribution is 6.03. The molecular weight excluding hydrogens is 534 g/mol. The third-order valence-electron chi connectivity index (χ3n) is 7.69. The number of Topliss-reactive ketones (excluding diaryl/α,β-unsaturated/α-hetero) is 1. The van der Waals surface area contributed by atoms with Crippen molar-refractivity contribution in [2.24, 2.45) is 0 Å². The molecule has 1 saturated carbocycles. The number of amides is 2. The second-order valence-corrected chi connectivity index (χ2v) is 10.5. The van der Waals surface area contributed by atoms with Crippen molar-refractivity contribution in [3.8, 4) is 11.5 Å². The molecule has 0 saturated heterocycles. The second kappa shape index (κ2) is 12.8. The number of fused-ring (bicyclic) bond motifs is 1. The Kier molecular flexibility index (Phi) is 8.80. The van der Waals surface area contributed by atoms with Crippen molar-refractivity contribution in [3.05, 3.63) is 77.9 Å². The number of ketones is 1. The number of para-hydroxylation sites is 1. The van der Waals surface area contributed by atoms with E-state index >= 15 is 0 Å². The minimum Gasteiger partial charge on any atom is -0.493 e. The van der Waals surface area contributed by atoms with Gasteiger partial charge in [-0.15, -0.1) is 5.10 Å². The highest BCUT2D eigenvalue weighted by atomic mass is 16.5. The molecule has 0 unspecified atom stereocenters. The first-order valence-electron chi connectivity index (χ1n) is 14.1. The van der Waals surface area contributed by atoms with Crippen LogP contribution in [0.4, 0.5) is 5.69 Å². The number of anilines is 1. The summed E-state index contributed by atoms with van der Waals surface area (Å²) in [5.41, 5.74) is 2.72. The number of carbonyl (C=O) groups is 3. The molecule has 10 nitrogen and oxygen atoms in total. The van der Waals surface area contributed by atoms with Gasteiger partial charge in [0.1, 0.15) is 18.1 Å². The predicted molar refractivity (Wildman–Crippen MR) is 159 cm³/mol. The third-order valence-corrected chi connectivity index (χ3v) is 7.69. The number of benzene rings is 3. The van der Waals surface area contributed by atoms with Gasteiger partial charge in [-0.1, -0.05) is 54.8 Å². The molecule has 1 N–H and O–H groups in total. The maximum Gasteiger partial charge on any atom is 0.249 e. The summed E-state index contributed by atoms with van der Waals surface area (Å²) in [5.74, 6) is 0.0563. The summed E-state index contributed by atoms with van der Waals surface area (Å²) in [6.45, 7) is 1.29. The van der Waals surface area contributed by atoms with Gasteiger partial charge in [-0.25, -0.2) is 4.68 Å². The largest absolute Gasteiger partial charge is 0.493 e. The van der Waals surface area contributed by atoms with Gasteiger partial charge in [0.2, 0.25) is 11.8 Å². The van der Waals surface area contributed by atoms with Crippen molar-refractivity contribution >= 4 is 34.3 Å². The first-order valence-corrected chi connectivity index (χ1v) is 14.1. The lowest BCUT2D eigenvalue weighted by Crippen LogP contribution is -2.48. The van der Waals surface area contributed by atoms with Crippen molar-refractivity contribution < 1.29 is 23.9 Å². The molecule has 218 valence electrons. The fraction of sp³-hybridized carbons (Fsp3) is 0.344. The Balaban J connectivity index is 1.63. The van der Waals surface area contributed by atoms with Crippen molar-refractivity contribution in [1.82, 2.24) is 20.3 Å². The number of hydrogen-bond donors (Lipinski definition) is 1. The Bertz CT molecular complexity index is 1590. The molecule has 4 aromatic rings. The van der Waals surface area contributed by atoms with Crippen LogP contribution >= 0.6 is 0 Å². The molecule has 0 spiro atoms. The van der Waals surface area contributed by atoms with Crippen LogP contribution in [0, 0.1) is 0 Å². The first kappa shape index (κ1) is 28.8. The zero-order valence-corrected chi connectivity index (χ0v) is 24.1. The summed E-state index contributed by atoms with van der Waals surface area (Å²) in [7, 11) is 3.06. The van der Waals surface area contributed by atoms with Crippen LogP contribution in [-0.2, 0) is 16.1 Å². The Labute approximate surface area is 244 Å². The number of methoxy groups -OCH3 is 2. The van der Waals surface area contributed by atoms with Gasteiger partial charge in [-0.05, 0) is 61.7 Å². The Morgan fingerprint density at radius 3 is 2.45 bits per heavy atom. The average molecular weight is 570 g/mol. The number of carbonyl (C=O) groups excluding carboxylic acids is 3. The summed E-state index contributed by atoms with van der Waals surface area (Å²) >= 11 is 0. The molecule has 5 rings (SSSR count). The highest BCUT2D eigenvalue weighted by Gasteiger charge is 2.35. The zero-order valence-electron chi connectivity index (χ0n) is 24.1.